The fraction of sp³-hybridized carbons (Fsp3) is 0.250. The van der Waals surface area contributed by atoms with Crippen molar-refractivity contribution >= 4 is 28.1 Å². The van der Waals surface area contributed by atoms with Crippen LogP contribution in [0.5, 0.6) is 0 Å². The smallest absolute Gasteiger partial charge is 0.184 e. The highest BCUT2D eigenvalue weighted by Crippen LogP contribution is 2.21. The van der Waals surface area contributed by atoms with E-state index in [2.05, 4.69) is 15.3 Å². The average Bonchev–Trinajstić information content (AvgIpc) is 2.77. The minimum absolute atomic E-state index is 0.704. The number of thiazole rings is 1. The SMILES string of the molecule is Clc1cnc(NCCn2ccnc2)s1. The van der Waals surface area contributed by atoms with Crippen LogP contribution < -0.4 is 5.32 Å². The Labute approximate surface area is 90.6 Å². The zero-order chi connectivity index (χ0) is 9.80. The van der Waals surface area contributed by atoms with Crippen LogP contribution in [0, 0.1) is 0 Å². The van der Waals surface area contributed by atoms with Crippen LogP contribution in [-0.4, -0.2) is 21.1 Å². The van der Waals surface area contributed by atoms with Crippen molar-refractivity contribution in [2.75, 3.05) is 11.9 Å². The van der Waals surface area contributed by atoms with Gasteiger partial charge >= 0.3 is 0 Å². The van der Waals surface area contributed by atoms with Gasteiger partial charge in [0.05, 0.1) is 12.5 Å². The Bertz CT molecular complexity index is 384. The van der Waals surface area contributed by atoms with Crippen molar-refractivity contribution in [3.05, 3.63) is 29.3 Å². The minimum Gasteiger partial charge on any atom is -0.360 e. The Balaban J connectivity index is 1.78. The lowest BCUT2D eigenvalue weighted by atomic mass is 10.6. The molecule has 0 unspecified atom stereocenters. The van der Waals surface area contributed by atoms with Gasteiger partial charge in [-0.2, -0.15) is 0 Å². The molecular formula is C8H9ClN4S. The van der Waals surface area contributed by atoms with Gasteiger partial charge in [0.25, 0.3) is 0 Å². The summed E-state index contributed by atoms with van der Waals surface area (Å²) < 4.78 is 2.71. The number of halogens is 1. The molecule has 0 atom stereocenters. The van der Waals surface area contributed by atoms with Crippen molar-refractivity contribution in [1.82, 2.24) is 14.5 Å². The normalized spacial score (nSPS) is 10.4. The van der Waals surface area contributed by atoms with E-state index >= 15 is 0 Å². The fourth-order valence-corrected chi connectivity index (χ4v) is 1.88. The molecule has 0 aliphatic rings. The first-order valence-corrected chi connectivity index (χ1v) is 5.35. The van der Waals surface area contributed by atoms with Crippen molar-refractivity contribution in [2.45, 2.75) is 6.54 Å². The Hall–Kier alpha value is -1.07. The Kier molecular flexibility index (Phi) is 3.00. The predicted octanol–water partition coefficient (Wildman–Crippen LogP) is 2.11. The maximum Gasteiger partial charge on any atom is 0.184 e. The van der Waals surface area contributed by atoms with Crippen LogP contribution in [0.1, 0.15) is 0 Å². The Morgan fingerprint density at radius 1 is 1.57 bits per heavy atom. The number of hydrogen-bond acceptors (Lipinski definition) is 4. The lowest BCUT2D eigenvalue weighted by molar-refractivity contribution is 0.726. The third-order valence-corrected chi connectivity index (χ3v) is 2.76. The summed E-state index contributed by atoms with van der Waals surface area (Å²) in [5, 5.41) is 4.03. The maximum absolute atomic E-state index is 5.74. The molecule has 74 valence electrons. The van der Waals surface area contributed by atoms with Gasteiger partial charge in [0.1, 0.15) is 4.34 Å². The molecule has 2 aromatic rings. The number of nitrogens with one attached hydrogen (secondary N) is 1. The number of rotatable bonds is 4. The van der Waals surface area contributed by atoms with Crippen LogP contribution in [0.3, 0.4) is 0 Å². The van der Waals surface area contributed by atoms with Gasteiger partial charge in [0.2, 0.25) is 0 Å². The molecular weight excluding hydrogens is 220 g/mol. The van der Waals surface area contributed by atoms with Gasteiger partial charge in [0.15, 0.2) is 5.13 Å². The second-order valence-corrected chi connectivity index (χ2v) is 4.36. The number of hydrogen-bond donors (Lipinski definition) is 1. The molecule has 0 aliphatic heterocycles. The topological polar surface area (TPSA) is 42.7 Å². The maximum atomic E-state index is 5.74. The lowest BCUT2D eigenvalue weighted by Gasteiger charge is -2.02. The van der Waals surface area contributed by atoms with Gasteiger partial charge < -0.3 is 9.88 Å². The molecule has 0 saturated heterocycles. The zero-order valence-electron chi connectivity index (χ0n) is 7.35. The van der Waals surface area contributed by atoms with E-state index in [1.807, 2.05) is 10.8 Å². The van der Waals surface area contributed by atoms with Crippen LogP contribution in [-0.2, 0) is 6.54 Å². The van der Waals surface area contributed by atoms with Crippen molar-refractivity contribution in [2.24, 2.45) is 0 Å². The van der Waals surface area contributed by atoms with Gasteiger partial charge in [-0.05, 0) is 0 Å². The molecule has 0 amide bonds. The fourth-order valence-electron chi connectivity index (χ4n) is 1.05. The lowest BCUT2D eigenvalue weighted by Crippen LogP contribution is -2.08. The van der Waals surface area contributed by atoms with Crippen molar-refractivity contribution in [3.8, 4) is 0 Å². The minimum atomic E-state index is 0.704. The van der Waals surface area contributed by atoms with Gasteiger partial charge in [0, 0.05) is 25.5 Å². The van der Waals surface area contributed by atoms with E-state index in [0.717, 1.165) is 18.2 Å². The molecule has 0 aliphatic carbocycles. The summed E-state index contributed by atoms with van der Waals surface area (Å²) in [6.07, 6.45) is 7.12. The van der Waals surface area contributed by atoms with Crippen molar-refractivity contribution in [3.63, 3.8) is 0 Å². The first-order valence-electron chi connectivity index (χ1n) is 4.15. The highest BCUT2D eigenvalue weighted by molar-refractivity contribution is 7.19. The molecule has 6 heteroatoms. The number of nitrogens with zero attached hydrogens (tertiary/aromatic N) is 3. The molecule has 0 saturated carbocycles. The summed E-state index contributed by atoms with van der Waals surface area (Å²) in [4.78, 5) is 8.04. The Morgan fingerprint density at radius 2 is 2.50 bits per heavy atom. The number of aromatic nitrogens is 3. The van der Waals surface area contributed by atoms with Crippen LogP contribution in [0.4, 0.5) is 5.13 Å². The van der Waals surface area contributed by atoms with E-state index in [4.69, 9.17) is 11.6 Å². The highest BCUT2D eigenvalue weighted by Gasteiger charge is 1.97. The second kappa shape index (κ2) is 4.43. The Morgan fingerprint density at radius 3 is 3.14 bits per heavy atom. The second-order valence-electron chi connectivity index (χ2n) is 2.70. The monoisotopic (exact) mass is 228 g/mol. The van der Waals surface area contributed by atoms with Gasteiger partial charge in [-0.3, -0.25) is 0 Å². The molecule has 0 spiro atoms. The molecule has 1 N–H and O–H groups in total. The number of imidazole rings is 1. The third-order valence-electron chi connectivity index (χ3n) is 1.68. The molecule has 0 fully saturated rings. The highest BCUT2D eigenvalue weighted by atomic mass is 35.5. The molecule has 0 bridgehead atoms. The van der Waals surface area contributed by atoms with E-state index in [1.165, 1.54) is 11.3 Å². The summed E-state index contributed by atoms with van der Waals surface area (Å²) in [5.74, 6) is 0. The van der Waals surface area contributed by atoms with E-state index in [1.54, 1.807) is 18.7 Å². The molecule has 2 rings (SSSR count). The van der Waals surface area contributed by atoms with Gasteiger partial charge in [-0.15, -0.1) is 0 Å². The largest absolute Gasteiger partial charge is 0.360 e. The van der Waals surface area contributed by atoms with Crippen LogP contribution in [0.2, 0.25) is 4.34 Å². The van der Waals surface area contributed by atoms with Crippen LogP contribution in [0.25, 0.3) is 0 Å². The standard InChI is InChI=1S/C8H9ClN4S/c9-7-5-12-8(14-7)11-2-4-13-3-1-10-6-13/h1,3,5-6H,2,4H2,(H,11,12). The van der Waals surface area contributed by atoms with Crippen LogP contribution >= 0.6 is 22.9 Å². The first-order chi connectivity index (χ1) is 6.84. The van der Waals surface area contributed by atoms with E-state index in [0.29, 0.717) is 4.34 Å². The number of anilines is 1. The molecule has 0 radical (unpaired) electrons. The third kappa shape index (κ3) is 2.46. The molecule has 4 nitrogen and oxygen atoms in total. The van der Waals surface area contributed by atoms with Gasteiger partial charge in [-0.1, -0.05) is 22.9 Å². The van der Waals surface area contributed by atoms with E-state index < -0.39 is 0 Å². The summed E-state index contributed by atoms with van der Waals surface area (Å²) in [7, 11) is 0. The molecule has 14 heavy (non-hydrogen) atoms. The zero-order valence-corrected chi connectivity index (χ0v) is 8.92. The summed E-state index contributed by atoms with van der Waals surface area (Å²) in [6, 6.07) is 0. The van der Waals surface area contributed by atoms with Gasteiger partial charge in [-0.25, -0.2) is 9.97 Å². The molecule has 2 aromatic heterocycles. The predicted molar refractivity (Wildman–Crippen MR) is 57.8 cm³/mol. The van der Waals surface area contributed by atoms with Crippen molar-refractivity contribution < 1.29 is 0 Å². The average molecular weight is 229 g/mol. The summed E-state index contributed by atoms with van der Waals surface area (Å²) in [5.41, 5.74) is 0. The molecule has 2 heterocycles. The molecule has 0 aromatic carbocycles. The van der Waals surface area contributed by atoms with E-state index in [-0.39, 0.29) is 0 Å². The van der Waals surface area contributed by atoms with Crippen LogP contribution in [0.15, 0.2) is 24.9 Å². The van der Waals surface area contributed by atoms with E-state index in [9.17, 15) is 0 Å². The summed E-state index contributed by atoms with van der Waals surface area (Å²) >= 11 is 7.18. The summed E-state index contributed by atoms with van der Waals surface area (Å²) in [6.45, 7) is 1.69. The van der Waals surface area contributed by atoms with Crippen molar-refractivity contribution in [1.29, 1.82) is 0 Å². The first kappa shape index (κ1) is 9.48. The quantitative estimate of drug-likeness (QED) is 0.872.